The van der Waals surface area contributed by atoms with Crippen LogP contribution in [0.1, 0.15) is 66.4 Å². The van der Waals surface area contributed by atoms with Gasteiger partial charge in [0.05, 0.1) is 25.1 Å². The van der Waals surface area contributed by atoms with Gasteiger partial charge in [0.2, 0.25) is 17.7 Å². The molecule has 1 saturated heterocycles. The van der Waals surface area contributed by atoms with Crippen LogP contribution >= 0.6 is 0 Å². The van der Waals surface area contributed by atoms with E-state index in [4.69, 9.17) is 9.47 Å². The van der Waals surface area contributed by atoms with E-state index in [2.05, 4.69) is 22.2 Å². The predicted octanol–water partition coefficient (Wildman–Crippen LogP) is 2.85. The van der Waals surface area contributed by atoms with Crippen molar-refractivity contribution in [3.05, 3.63) is 42.6 Å². The average molecular weight is 729 g/mol. The summed E-state index contributed by atoms with van der Waals surface area (Å²) in [4.78, 5) is 61.3. The number of benzene rings is 1. The first-order chi connectivity index (χ1) is 23.5. The van der Waals surface area contributed by atoms with Gasteiger partial charge in [-0.1, -0.05) is 26.8 Å². The highest BCUT2D eigenvalue weighted by Gasteiger charge is 2.61. The van der Waals surface area contributed by atoms with E-state index in [1.54, 1.807) is 19.4 Å². The quantitative estimate of drug-likeness (QED) is 0.278. The van der Waals surface area contributed by atoms with Crippen LogP contribution in [0, 0.1) is 24.2 Å². The standard InChI is InChI=1S/C36H52N6O8S/c1-12-22-19-36(22,33(46)40-51(47,48)41(9)10)39-31(44)26-17-23(50-28-15-16-37-30-21(2)27(49-11)14-13-24(28)30)20-42(26)32(45)25(34(3,4)5)18-29(43)38-35(6,7)8/h12-16,22-23,25-26H,1,17-20H2,2-11H3,(H,38,43)(H,39,44)(H,40,46)/t22-,23-,25-,26-,36-/m1/s1. The maximum absolute atomic E-state index is 14.5. The van der Waals surface area contributed by atoms with Crippen LogP contribution in [-0.2, 0) is 29.4 Å². The fourth-order valence-electron chi connectivity index (χ4n) is 6.45. The molecule has 2 aromatic rings. The first-order valence-corrected chi connectivity index (χ1v) is 18.4. The molecule has 1 aliphatic heterocycles. The second-order valence-electron chi connectivity index (χ2n) is 15.7. The summed E-state index contributed by atoms with van der Waals surface area (Å²) in [6, 6.07) is 4.26. The highest BCUT2D eigenvalue weighted by Crippen LogP contribution is 2.45. The van der Waals surface area contributed by atoms with Gasteiger partial charge in [-0.25, -0.2) is 4.72 Å². The lowest BCUT2D eigenvalue weighted by Crippen LogP contribution is -2.58. The number of hydrogen-bond donors (Lipinski definition) is 3. The van der Waals surface area contributed by atoms with E-state index in [1.807, 2.05) is 65.3 Å². The molecule has 0 bridgehead atoms. The zero-order chi connectivity index (χ0) is 38.3. The average Bonchev–Trinajstić information content (AvgIpc) is 3.57. The van der Waals surface area contributed by atoms with Crippen LogP contribution in [0.2, 0.25) is 0 Å². The summed E-state index contributed by atoms with van der Waals surface area (Å²) in [6.07, 6.45) is 2.52. The number of nitrogens with one attached hydrogen (secondary N) is 3. The lowest BCUT2D eigenvalue weighted by molar-refractivity contribution is -0.147. The molecule has 1 aliphatic carbocycles. The molecule has 1 aromatic carbocycles. The Morgan fingerprint density at radius 2 is 1.78 bits per heavy atom. The van der Waals surface area contributed by atoms with Crippen LogP contribution in [0.4, 0.5) is 0 Å². The predicted molar refractivity (Wildman–Crippen MR) is 193 cm³/mol. The Labute approximate surface area is 300 Å². The Morgan fingerprint density at radius 3 is 2.33 bits per heavy atom. The molecule has 0 unspecified atom stereocenters. The number of nitrogens with zero attached hydrogens (tertiary/aromatic N) is 3. The van der Waals surface area contributed by atoms with Crippen LogP contribution in [0.3, 0.4) is 0 Å². The van der Waals surface area contributed by atoms with Gasteiger partial charge in [0.15, 0.2) is 0 Å². The second kappa shape index (κ2) is 14.4. The van der Waals surface area contributed by atoms with Gasteiger partial charge in [-0.2, -0.15) is 12.7 Å². The summed E-state index contributed by atoms with van der Waals surface area (Å²) in [5.74, 6) is -2.45. The molecule has 280 valence electrons. The molecule has 2 heterocycles. The number of methoxy groups -OCH3 is 1. The number of hydrogen-bond acceptors (Lipinski definition) is 9. The van der Waals surface area contributed by atoms with Crippen molar-refractivity contribution in [2.75, 3.05) is 27.7 Å². The zero-order valence-corrected chi connectivity index (χ0v) is 32.1. The number of likely N-dealkylation sites (tertiary alicyclic amines) is 1. The van der Waals surface area contributed by atoms with Crippen molar-refractivity contribution in [2.45, 2.75) is 91.0 Å². The van der Waals surface area contributed by atoms with E-state index < -0.39 is 68.4 Å². The van der Waals surface area contributed by atoms with E-state index in [1.165, 1.54) is 25.1 Å². The van der Waals surface area contributed by atoms with E-state index in [9.17, 15) is 27.6 Å². The van der Waals surface area contributed by atoms with E-state index in [0.29, 0.717) is 17.0 Å². The number of carbonyl (C=O) groups excluding carboxylic acids is 4. The van der Waals surface area contributed by atoms with Crippen LogP contribution in [0.15, 0.2) is 37.1 Å². The fraction of sp³-hybridized carbons (Fsp3) is 0.583. The smallest absolute Gasteiger partial charge is 0.303 e. The van der Waals surface area contributed by atoms with Crippen molar-refractivity contribution >= 4 is 44.7 Å². The SMILES string of the molecule is C=C[C@@H]1C[C@]1(NC(=O)[C@H]1C[C@@H](Oc2ccnc3c(C)c(OC)ccc23)CN1C(=O)[C@@H](CC(=O)NC(C)(C)C)C(C)(C)C)C(=O)NS(=O)(=O)N(C)C. The van der Waals surface area contributed by atoms with E-state index in [0.717, 1.165) is 15.3 Å². The van der Waals surface area contributed by atoms with Crippen molar-refractivity contribution in [3.8, 4) is 11.5 Å². The summed E-state index contributed by atoms with van der Waals surface area (Å²) >= 11 is 0. The summed E-state index contributed by atoms with van der Waals surface area (Å²) in [5, 5.41) is 6.43. The molecule has 14 nitrogen and oxygen atoms in total. The van der Waals surface area contributed by atoms with E-state index >= 15 is 0 Å². The van der Waals surface area contributed by atoms with Gasteiger partial charge < -0.3 is 25.0 Å². The molecule has 51 heavy (non-hydrogen) atoms. The van der Waals surface area contributed by atoms with Crippen LogP contribution in [-0.4, -0.2) is 97.2 Å². The third-order valence-electron chi connectivity index (χ3n) is 9.44. The van der Waals surface area contributed by atoms with Crippen molar-refractivity contribution < 1.29 is 37.1 Å². The van der Waals surface area contributed by atoms with Gasteiger partial charge in [0.1, 0.15) is 29.2 Å². The number of aryl methyl sites for hydroxylation is 1. The summed E-state index contributed by atoms with van der Waals surface area (Å²) in [6.45, 7) is 16.8. The highest BCUT2D eigenvalue weighted by atomic mass is 32.2. The van der Waals surface area contributed by atoms with Crippen LogP contribution in [0.25, 0.3) is 10.9 Å². The Bertz CT molecular complexity index is 1820. The molecule has 0 spiro atoms. The fourth-order valence-corrected chi connectivity index (χ4v) is 7.05. The zero-order valence-electron chi connectivity index (χ0n) is 31.2. The van der Waals surface area contributed by atoms with Crippen molar-refractivity contribution in [1.82, 2.24) is 29.5 Å². The third kappa shape index (κ3) is 8.63. The molecule has 2 fully saturated rings. The van der Waals surface area contributed by atoms with Gasteiger partial charge in [-0.15, -0.1) is 6.58 Å². The van der Waals surface area contributed by atoms with Crippen molar-refractivity contribution in [2.24, 2.45) is 17.3 Å². The maximum atomic E-state index is 14.5. The van der Waals surface area contributed by atoms with Gasteiger partial charge in [-0.05, 0) is 57.7 Å². The number of carbonyl (C=O) groups is 4. The highest BCUT2D eigenvalue weighted by molar-refractivity contribution is 7.87. The largest absolute Gasteiger partial charge is 0.496 e. The number of ether oxygens (including phenoxy) is 2. The molecular formula is C36H52N6O8S. The van der Waals surface area contributed by atoms with E-state index in [-0.39, 0.29) is 31.7 Å². The number of fused-ring (bicyclic) bond motifs is 1. The third-order valence-corrected chi connectivity index (χ3v) is 10.8. The minimum atomic E-state index is -4.16. The first-order valence-electron chi connectivity index (χ1n) is 16.9. The minimum Gasteiger partial charge on any atom is -0.496 e. The number of rotatable bonds is 12. The Balaban J connectivity index is 1.70. The molecule has 1 aromatic heterocycles. The lowest BCUT2D eigenvalue weighted by Gasteiger charge is -2.35. The molecule has 3 N–H and O–H groups in total. The topological polar surface area (TPSA) is 176 Å². The molecule has 1 saturated carbocycles. The van der Waals surface area contributed by atoms with Gasteiger partial charge in [0, 0.05) is 55.5 Å². The lowest BCUT2D eigenvalue weighted by atomic mass is 9.77. The summed E-state index contributed by atoms with van der Waals surface area (Å²) in [7, 11) is -0.0293. The number of pyridine rings is 1. The van der Waals surface area contributed by atoms with Gasteiger partial charge in [0.25, 0.3) is 5.91 Å². The molecule has 5 atom stereocenters. The Kier molecular flexibility index (Phi) is 11.2. The molecule has 2 aliphatic rings. The Morgan fingerprint density at radius 1 is 1.12 bits per heavy atom. The van der Waals surface area contributed by atoms with Crippen LogP contribution < -0.4 is 24.8 Å². The Hall–Kier alpha value is -4.24. The first kappa shape index (κ1) is 39.5. The van der Waals surface area contributed by atoms with Crippen LogP contribution in [0.5, 0.6) is 11.5 Å². The van der Waals surface area contributed by atoms with Gasteiger partial charge in [-0.3, -0.25) is 24.2 Å². The molecular weight excluding hydrogens is 676 g/mol. The normalized spacial score (nSPS) is 22.6. The molecule has 4 rings (SSSR count). The summed E-state index contributed by atoms with van der Waals surface area (Å²) < 4.78 is 39.9. The van der Waals surface area contributed by atoms with Crippen molar-refractivity contribution in [1.29, 1.82) is 0 Å². The maximum Gasteiger partial charge on any atom is 0.303 e. The summed E-state index contributed by atoms with van der Waals surface area (Å²) in [5.41, 5.74) is -1.27. The van der Waals surface area contributed by atoms with Gasteiger partial charge >= 0.3 is 10.2 Å². The second-order valence-corrected chi connectivity index (χ2v) is 17.6. The number of aromatic nitrogens is 1. The number of amides is 4. The monoisotopic (exact) mass is 728 g/mol. The minimum absolute atomic E-state index is 0.0163. The molecule has 4 amide bonds. The van der Waals surface area contributed by atoms with Crippen molar-refractivity contribution in [3.63, 3.8) is 0 Å². The molecule has 15 heteroatoms. The molecule has 0 radical (unpaired) electrons.